The summed E-state index contributed by atoms with van der Waals surface area (Å²) in [5.74, 6) is -0.446. The molecule has 31 heavy (non-hydrogen) atoms. The number of aromatic nitrogens is 1. The van der Waals surface area contributed by atoms with Crippen molar-refractivity contribution >= 4 is 23.2 Å². The number of nitrogens with one attached hydrogen (secondary N) is 1. The van der Waals surface area contributed by atoms with E-state index in [2.05, 4.69) is 16.8 Å². The van der Waals surface area contributed by atoms with Crippen molar-refractivity contribution in [3.63, 3.8) is 0 Å². The van der Waals surface area contributed by atoms with Gasteiger partial charge >= 0.3 is 0 Å². The van der Waals surface area contributed by atoms with E-state index in [1.807, 2.05) is 38.1 Å². The largest absolute Gasteiger partial charge is 0.344 e. The third-order valence-corrected chi connectivity index (χ3v) is 5.83. The van der Waals surface area contributed by atoms with Gasteiger partial charge in [-0.25, -0.2) is 0 Å². The number of anilines is 1. The van der Waals surface area contributed by atoms with Gasteiger partial charge in [-0.2, -0.15) is 0 Å². The highest BCUT2D eigenvalue weighted by atomic mass is 35.5. The van der Waals surface area contributed by atoms with Crippen LogP contribution in [0.4, 0.5) is 5.69 Å². The first-order valence-corrected chi connectivity index (χ1v) is 11.2. The first kappa shape index (κ1) is 22.8. The fraction of sp³-hybridized carbons (Fsp3) is 0.308. The van der Waals surface area contributed by atoms with Gasteiger partial charge in [-0.15, -0.1) is 0 Å². The topological polar surface area (TPSA) is 51.1 Å². The standard InChI is InChI=1S/C26H29ClN2O2/c1-4-5-6-11-16-29-19(3)17-23(30)24(25(29)20-13-8-7-12-18(20)2)26(31)28-22-15-10-9-14-21(22)27/h7-10,12-15,17H,4-6,11,16H2,1-3H3,(H,28,31). The fourth-order valence-corrected chi connectivity index (χ4v) is 4.02. The summed E-state index contributed by atoms with van der Waals surface area (Å²) in [5.41, 5.74) is 3.78. The molecule has 3 aromatic rings. The minimum absolute atomic E-state index is 0.148. The SMILES string of the molecule is CCCCCCn1c(C)cc(=O)c(C(=O)Nc2ccccc2Cl)c1-c1ccccc1C. The molecule has 0 bridgehead atoms. The zero-order valence-corrected chi connectivity index (χ0v) is 19.1. The van der Waals surface area contributed by atoms with E-state index in [1.54, 1.807) is 30.3 Å². The van der Waals surface area contributed by atoms with Crippen molar-refractivity contribution < 1.29 is 4.79 Å². The van der Waals surface area contributed by atoms with Gasteiger partial charge < -0.3 is 9.88 Å². The Balaban J connectivity index is 2.15. The lowest BCUT2D eigenvalue weighted by Crippen LogP contribution is -2.27. The van der Waals surface area contributed by atoms with E-state index >= 15 is 0 Å². The van der Waals surface area contributed by atoms with Gasteiger partial charge in [0.1, 0.15) is 5.56 Å². The molecule has 162 valence electrons. The molecule has 1 amide bonds. The molecule has 1 N–H and O–H groups in total. The quantitative estimate of drug-likeness (QED) is 0.403. The molecule has 0 atom stereocenters. The van der Waals surface area contributed by atoms with Gasteiger partial charge in [0.05, 0.1) is 16.4 Å². The number of rotatable bonds is 8. The number of para-hydroxylation sites is 1. The summed E-state index contributed by atoms with van der Waals surface area (Å²) >= 11 is 6.23. The van der Waals surface area contributed by atoms with Crippen LogP contribution in [0.5, 0.6) is 0 Å². The van der Waals surface area contributed by atoms with Gasteiger partial charge in [0, 0.05) is 23.9 Å². The minimum Gasteiger partial charge on any atom is -0.344 e. The number of nitrogens with zero attached hydrogens (tertiary/aromatic N) is 1. The number of unbranched alkanes of at least 4 members (excludes halogenated alkanes) is 3. The molecule has 3 rings (SSSR count). The van der Waals surface area contributed by atoms with E-state index in [1.165, 1.54) is 6.42 Å². The van der Waals surface area contributed by atoms with Crippen LogP contribution >= 0.6 is 11.6 Å². The first-order valence-electron chi connectivity index (χ1n) is 10.8. The summed E-state index contributed by atoms with van der Waals surface area (Å²) < 4.78 is 2.11. The van der Waals surface area contributed by atoms with Gasteiger partial charge in [0.15, 0.2) is 5.43 Å². The van der Waals surface area contributed by atoms with Gasteiger partial charge in [-0.05, 0) is 38.0 Å². The monoisotopic (exact) mass is 436 g/mol. The van der Waals surface area contributed by atoms with Gasteiger partial charge in [-0.1, -0.05) is 74.2 Å². The minimum atomic E-state index is -0.446. The number of halogens is 1. The van der Waals surface area contributed by atoms with Crippen molar-refractivity contribution in [2.24, 2.45) is 0 Å². The van der Waals surface area contributed by atoms with E-state index in [4.69, 9.17) is 11.6 Å². The Labute approximate surface area is 188 Å². The highest BCUT2D eigenvalue weighted by Gasteiger charge is 2.23. The molecule has 1 heterocycles. The van der Waals surface area contributed by atoms with E-state index in [9.17, 15) is 9.59 Å². The lowest BCUT2D eigenvalue weighted by atomic mass is 9.98. The van der Waals surface area contributed by atoms with E-state index in [0.717, 1.165) is 42.6 Å². The fourth-order valence-electron chi connectivity index (χ4n) is 3.84. The maximum Gasteiger partial charge on any atom is 0.261 e. The molecule has 0 unspecified atom stereocenters. The van der Waals surface area contributed by atoms with Crippen molar-refractivity contribution in [3.05, 3.63) is 86.7 Å². The van der Waals surface area contributed by atoms with Crippen LogP contribution in [0.2, 0.25) is 5.02 Å². The van der Waals surface area contributed by atoms with Gasteiger partial charge in [-0.3, -0.25) is 9.59 Å². The molecule has 0 saturated heterocycles. The lowest BCUT2D eigenvalue weighted by Gasteiger charge is -2.21. The molecule has 0 radical (unpaired) electrons. The highest BCUT2D eigenvalue weighted by Crippen LogP contribution is 2.29. The molecule has 0 fully saturated rings. The van der Waals surface area contributed by atoms with Crippen molar-refractivity contribution in [2.45, 2.75) is 53.0 Å². The second kappa shape index (κ2) is 10.5. The smallest absolute Gasteiger partial charge is 0.261 e. The molecule has 4 nitrogen and oxygen atoms in total. The van der Waals surface area contributed by atoms with Crippen LogP contribution in [0, 0.1) is 13.8 Å². The predicted molar refractivity (Wildman–Crippen MR) is 129 cm³/mol. The number of hydrogen-bond acceptors (Lipinski definition) is 2. The first-order chi connectivity index (χ1) is 14.9. The van der Waals surface area contributed by atoms with E-state index in [0.29, 0.717) is 16.4 Å². The summed E-state index contributed by atoms with van der Waals surface area (Å²) in [6.45, 7) is 6.86. The Morgan fingerprint density at radius 3 is 2.42 bits per heavy atom. The molecule has 1 aromatic heterocycles. The molecule has 5 heteroatoms. The molecule has 0 saturated carbocycles. The van der Waals surface area contributed by atoms with Crippen LogP contribution < -0.4 is 10.7 Å². The normalized spacial score (nSPS) is 10.8. The van der Waals surface area contributed by atoms with Crippen LogP contribution in [0.1, 0.15) is 54.2 Å². The summed E-state index contributed by atoms with van der Waals surface area (Å²) in [6, 6.07) is 16.5. The number of carbonyl (C=O) groups is 1. The molecule has 2 aromatic carbocycles. The van der Waals surface area contributed by atoms with Crippen molar-refractivity contribution in [2.75, 3.05) is 5.32 Å². The summed E-state index contributed by atoms with van der Waals surface area (Å²) in [4.78, 5) is 26.4. The molecule has 0 aliphatic rings. The van der Waals surface area contributed by atoms with Crippen molar-refractivity contribution in [3.8, 4) is 11.3 Å². The number of carbonyl (C=O) groups excluding carboxylic acids is 1. The van der Waals surface area contributed by atoms with Crippen LogP contribution in [-0.2, 0) is 6.54 Å². The molecular weight excluding hydrogens is 408 g/mol. The second-order valence-corrected chi connectivity index (χ2v) is 8.24. The highest BCUT2D eigenvalue weighted by molar-refractivity contribution is 6.34. The third-order valence-electron chi connectivity index (χ3n) is 5.50. The average molecular weight is 437 g/mol. The zero-order chi connectivity index (χ0) is 22.4. The Morgan fingerprint density at radius 2 is 1.71 bits per heavy atom. The Morgan fingerprint density at radius 1 is 1.00 bits per heavy atom. The predicted octanol–water partition coefficient (Wildman–Crippen LogP) is 6.62. The number of pyridine rings is 1. The zero-order valence-electron chi connectivity index (χ0n) is 18.4. The van der Waals surface area contributed by atoms with E-state index in [-0.39, 0.29) is 11.0 Å². The number of amides is 1. The summed E-state index contributed by atoms with van der Waals surface area (Å²) in [7, 11) is 0. The Bertz CT molecular complexity index is 1130. The third kappa shape index (κ3) is 5.26. The maximum absolute atomic E-state index is 13.3. The summed E-state index contributed by atoms with van der Waals surface area (Å²) in [6.07, 6.45) is 4.41. The van der Waals surface area contributed by atoms with Crippen LogP contribution in [0.25, 0.3) is 11.3 Å². The molecule has 0 spiro atoms. The number of aryl methyl sites for hydroxylation is 2. The summed E-state index contributed by atoms with van der Waals surface area (Å²) in [5, 5.41) is 3.27. The Hall–Kier alpha value is -2.85. The van der Waals surface area contributed by atoms with E-state index < -0.39 is 5.91 Å². The van der Waals surface area contributed by atoms with Crippen LogP contribution in [-0.4, -0.2) is 10.5 Å². The Kier molecular flexibility index (Phi) is 7.69. The van der Waals surface area contributed by atoms with Gasteiger partial charge in [0.25, 0.3) is 5.91 Å². The lowest BCUT2D eigenvalue weighted by molar-refractivity contribution is 0.102. The second-order valence-electron chi connectivity index (χ2n) is 7.83. The average Bonchev–Trinajstić information content (AvgIpc) is 2.74. The van der Waals surface area contributed by atoms with Crippen molar-refractivity contribution in [1.82, 2.24) is 4.57 Å². The number of hydrogen-bond donors (Lipinski definition) is 1. The van der Waals surface area contributed by atoms with Crippen LogP contribution in [0.15, 0.2) is 59.4 Å². The molecular formula is C26H29ClN2O2. The number of benzene rings is 2. The maximum atomic E-state index is 13.3. The van der Waals surface area contributed by atoms with Gasteiger partial charge in [0.2, 0.25) is 0 Å². The molecule has 0 aliphatic carbocycles. The van der Waals surface area contributed by atoms with Crippen LogP contribution in [0.3, 0.4) is 0 Å². The van der Waals surface area contributed by atoms with Crippen molar-refractivity contribution in [1.29, 1.82) is 0 Å². The molecule has 0 aliphatic heterocycles.